The first-order valence-corrected chi connectivity index (χ1v) is 10.5. The van der Waals surface area contributed by atoms with Crippen molar-refractivity contribution < 1.29 is 9.53 Å². The lowest BCUT2D eigenvalue weighted by Crippen LogP contribution is -2.40. The van der Waals surface area contributed by atoms with Gasteiger partial charge in [-0.2, -0.15) is 5.10 Å². The molecule has 2 unspecified atom stereocenters. The highest BCUT2D eigenvalue weighted by Crippen LogP contribution is 2.29. The summed E-state index contributed by atoms with van der Waals surface area (Å²) in [6.07, 6.45) is 9.65. The molecule has 0 bridgehead atoms. The molecular formula is C22H30N4O2. The highest BCUT2D eigenvalue weighted by Gasteiger charge is 2.25. The van der Waals surface area contributed by atoms with E-state index < -0.39 is 0 Å². The number of aromatic nitrogens is 2. The lowest BCUT2D eigenvalue weighted by Gasteiger charge is -2.25. The normalized spacial score (nSPS) is 21.7. The van der Waals surface area contributed by atoms with E-state index in [1.165, 1.54) is 17.7 Å². The molecule has 0 radical (unpaired) electrons. The summed E-state index contributed by atoms with van der Waals surface area (Å²) in [5.41, 5.74) is 3.65. The topological polar surface area (TPSA) is 68.2 Å². The zero-order valence-electron chi connectivity index (χ0n) is 16.4. The van der Waals surface area contributed by atoms with Gasteiger partial charge in [0, 0.05) is 24.4 Å². The number of amides is 2. The molecule has 1 aliphatic carbocycles. The quantitative estimate of drug-likeness (QED) is 0.803. The molecule has 1 aromatic carbocycles. The third-order valence-corrected chi connectivity index (χ3v) is 5.77. The Balaban J connectivity index is 1.31. The molecule has 2 amide bonds. The average molecular weight is 383 g/mol. The molecule has 4 rings (SSSR count). The summed E-state index contributed by atoms with van der Waals surface area (Å²) in [7, 11) is 0. The van der Waals surface area contributed by atoms with Crippen molar-refractivity contribution in [3.05, 3.63) is 53.3 Å². The minimum Gasteiger partial charge on any atom is -0.378 e. The Kier molecular flexibility index (Phi) is 6.27. The van der Waals surface area contributed by atoms with Crippen LogP contribution in [0.15, 0.2) is 36.5 Å². The number of benzene rings is 1. The third-order valence-electron chi connectivity index (χ3n) is 5.77. The van der Waals surface area contributed by atoms with Crippen molar-refractivity contribution in [2.75, 3.05) is 13.2 Å². The number of hydrogen-bond donors (Lipinski definition) is 2. The lowest BCUT2D eigenvalue weighted by molar-refractivity contribution is 0.0120. The Morgan fingerprint density at radius 2 is 2.07 bits per heavy atom. The van der Waals surface area contributed by atoms with Crippen molar-refractivity contribution in [3.8, 4) is 0 Å². The molecule has 0 spiro atoms. The van der Waals surface area contributed by atoms with Crippen molar-refractivity contribution in [1.29, 1.82) is 0 Å². The fourth-order valence-corrected chi connectivity index (χ4v) is 4.25. The van der Waals surface area contributed by atoms with Crippen molar-refractivity contribution in [2.24, 2.45) is 0 Å². The van der Waals surface area contributed by atoms with Gasteiger partial charge in [0.15, 0.2) is 0 Å². The largest absolute Gasteiger partial charge is 0.378 e. The second kappa shape index (κ2) is 9.24. The molecule has 1 saturated heterocycles. The van der Waals surface area contributed by atoms with Gasteiger partial charge in [0.2, 0.25) is 0 Å². The van der Waals surface area contributed by atoms with E-state index in [4.69, 9.17) is 4.74 Å². The number of carbonyl (C=O) groups is 1. The first kappa shape index (κ1) is 19.0. The Morgan fingerprint density at radius 3 is 2.89 bits per heavy atom. The summed E-state index contributed by atoms with van der Waals surface area (Å²) in [6, 6.07) is 10.3. The Morgan fingerprint density at radius 1 is 1.18 bits per heavy atom. The monoisotopic (exact) mass is 382 g/mol. The molecule has 2 N–H and O–H groups in total. The standard InChI is InChI=1S/C22H30N4O2/c27-22(23-13-12-18-9-4-5-14-28-18)25-20-10-6-11-21-19(20)15-24-26(21)16-17-7-2-1-3-8-17/h1-3,7-8,15,18,20H,4-6,9-14,16H2,(H2,23,25,27). The average Bonchev–Trinajstić information content (AvgIpc) is 3.13. The van der Waals surface area contributed by atoms with Crippen molar-refractivity contribution in [2.45, 2.75) is 63.6 Å². The predicted molar refractivity (Wildman–Crippen MR) is 108 cm³/mol. The minimum atomic E-state index is -0.0931. The fraction of sp³-hybridized carbons (Fsp3) is 0.545. The maximum Gasteiger partial charge on any atom is 0.315 e. The lowest BCUT2D eigenvalue weighted by atomic mass is 9.93. The molecule has 2 aromatic rings. The summed E-state index contributed by atoms with van der Waals surface area (Å²) in [5, 5.41) is 10.7. The Labute approximate surface area is 166 Å². The van der Waals surface area contributed by atoms with Crippen LogP contribution in [-0.2, 0) is 17.7 Å². The van der Waals surface area contributed by atoms with Crippen molar-refractivity contribution in [3.63, 3.8) is 0 Å². The van der Waals surface area contributed by atoms with E-state index >= 15 is 0 Å². The highest BCUT2D eigenvalue weighted by atomic mass is 16.5. The van der Waals surface area contributed by atoms with Crippen molar-refractivity contribution in [1.82, 2.24) is 20.4 Å². The maximum atomic E-state index is 12.4. The summed E-state index contributed by atoms with van der Waals surface area (Å²) in [6.45, 7) is 2.29. The molecule has 6 heteroatoms. The van der Waals surface area contributed by atoms with Gasteiger partial charge in [-0.05, 0) is 50.5 Å². The van der Waals surface area contributed by atoms with E-state index in [0.29, 0.717) is 12.6 Å². The number of nitrogens with zero attached hydrogens (tertiary/aromatic N) is 2. The Hall–Kier alpha value is -2.34. The zero-order valence-corrected chi connectivity index (χ0v) is 16.4. The minimum absolute atomic E-state index is 0.0409. The van der Waals surface area contributed by atoms with E-state index in [0.717, 1.165) is 57.2 Å². The molecule has 1 fully saturated rings. The van der Waals surface area contributed by atoms with Crippen LogP contribution < -0.4 is 10.6 Å². The summed E-state index contributed by atoms with van der Waals surface area (Å²) >= 11 is 0. The van der Waals surface area contributed by atoms with E-state index in [9.17, 15) is 4.79 Å². The van der Waals surface area contributed by atoms with E-state index in [-0.39, 0.29) is 12.1 Å². The predicted octanol–water partition coefficient (Wildman–Crippen LogP) is 3.57. The van der Waals surface area contributed by atoms with E-state index in [1.54, 1.807) is 0 Å². The van der Waals surface area contributed by atoms with E-state index in [2.05, 4.69) is 44.7 Å². The van der Waals surface area contributed by atoms with Gasteiger partial charge >= 0.3 is 6.03 Å². The molecular weight excluding hydrogens is 352 g/mol. The molecule has 6 nitrogen and oxygen atoms in total. The molecule has 150 valence electrons. The van der Waals surface area contributed by atoms with Crippen LogP contribution in [0.25, 0.3) is 0 Å². The van der Waals surface area contributed by atoms with Crippen LogP contribution in [0.3, 0.4) is 0 Å². The number of carbonyl (C=O) groups excluding carboxylic acids is 1. The summed E-state index contributed by atoms with van der Waals surface area (Å²) in [5.74, 6) is 0. The van der Waals surface area contributed by atoms with E-state index in [1.807, 2.05) is 12.3 Å². The summed E-state index contributed by atoms with van der Waals surface area (Å²) < 4.78 is 7.81. The van der Waals surface area contributed by atoms with Gasteiger partial charge in [-0.25, -0.2) is 4.79 Å². The van der Waals surface area contributed by atoms with Gasteiger partial charge < -0.3 is 15.4 Å². The first-order chi connectivity index (χ1) is 13.8. The molecule has 1 aliphatic heterocycles. The SMILES string of the molecule is O=C(NCCC1CCCCO1)NC1CCCc2c1cnn2Cc1ccccc1. The van der Waals surface area contributed by atoms with Crippen LogP contribution in [0, 0.1) is 0 Å². The Bertz CT molecular complexity index is 768. The molecule has 2 aliphatic rings. The number of rotatable bonds is 6. The van der Waals surface area contributed by atoms with Crippen molar-refractivity contribution >= 4 is 6.03 Å². The molecule has 2 atom stereocenters. The van der Waals surface area contributed by atoms with Gasteiger partial charge in [0.1, 0.15) is 0 Å². The number of ether oxygens (including phenoxy) is 1. The van der Waals surface area contributed by atoms with Gasteiger partial charge in [0.25, 0.3) is 0 Å². The smallest absolute Gasteiger partial charge is 0.315 e. The molecule has 1 aromatic heterocycles. The van der Waals surface area contributed by atoms with Crippen LogP contribution in [0.1, 0.15) is 61.4 Å². The van der Waals surface area contributed by atoms with Crippen LogP contribution in [0.2, 0.25) is 0 Å². The number of urea groups is 1. The van der Waals surface area contributed by atoms with Gasteiger partial charge in [-0.3, -0.25) is 4.68 Å². The fourth-order valence-electron chi connectivity index (χ4n) is 4.25. The summed E-state index contributed by atoms with van der Waals surface area (Å²) in [4.78, 5) is 12.4. The molecule has 0 saturated carbocycles. The molecule has 28 heavy (non-hydrogen) atoms. The maximum absolute atomic E-state index is 12.4. The van der Waals surface area contributed by atoms with Crippen LogP contribution in [0.5, 0.6) is 0 Å². The van der Waals surface area contributed by atoms with Crippen LogP contribution >= 0.6 is 0 Å². The van der Waals surface area contributed by atoms with Crippen LogP contribution in [0.4, 0.5) is 4.79 Å². The second-order valence-electron chi connectivity index (χ2n) is 7.81. The zero-order chi connectivity index (χ0) is 19.2. The first-order valence-electron chi connectivity index (χ1n) is 10.5. The number of hydrogen-bond acceptors (Lipinski definition) is 3. The number of fused-ring (bicyclic) bond motifs is 1. The van der Waals surface area contributed by atoms with Gasteiger partial charge in [0.05, 0.1) is 24.9 Å². The number of nitrogens with one attached hydrogen (secondary N) is 2. The van der Waals surface area contributed by atoms with Gasteiger partial charge in [-0.15, -0.1) is 0 Å². The second-order valence-corrected chi connectivity index (χ2v) is 7.81. The molecule has 2 heterocycles. The van der Waals surface area contributed by atoms with Gasteiger partial charge in [-0.1, -0.05) is 30.3 Å². The highest BCUT2D eigenvalue weighted by molar-refractivity contribution is 5.74. The van der Waals surface area contributed by atoms with Crippen LogP contribution in [-0.4, -0.2) is 35.1 Å². The third kappa shape index (κ3) is 4.73.